The Morgan fingerprint density at radius 3 is 2.60 bits per heavy atom. The van der Waals surface area contributed by atoms with Crippen molar-refractivity contribution < 1.29 is 9.53 Å². The summed E-state index contributed by atoms with van der Waals surface area (Å²) in [5, 5.41) is 0.686. The molecule has 2 aromatic carbocycles. The van der Waals surface area contributed by atoms with Gasteiger partial charge in [-0.2, -0.15) is 0 Å². The highest BCUT2D eigenvalue weighted by Gasteiger charge is 2.10. The summed E-state index contributed by atoms with van der Waals surface area (Å²) >= 11 is 7.04. The van der Waals surface area contributed by atoms with Crippen molar-refractivity contribution in [2.24, 2.45) is 4.40 Å². The number of hydrogen-bond donors (Lipinski definition) is 0. The van der Waals surface area contributed by atoms with Crippen molar-refractivity contribution in [1.82, 2.24) is 0 Å². The molecule has 0 aliphatic heterocycles. The van der Waals surface area contributed by atoms with Gasteiger partial charge in [0.1, 0.15) is 0 Å². The van der Waals surface area contributed by atoms with Crippen LogP contribution in [0.25, 0.3) is 0 Å². The van der Waals surface area contributed by atoms with E-state index in [0.29, 0.717) is 10.6 Å². The molecule has 0 heterocycles. The molecule has 0 amide bonds. The molecule has 0 spiro atoms. The predicted octanol–water partition coefficient (Wildman–Crippen LogP) is 4.25. The third-order valence-electron chi connectivity index (χ3n) is 2.52. The fourth-order valence-corrected chi connectivity index (χ4v) is 2.32. The second-order valence-corrected chi connectivity index (χ2v) is 5.13. The molecule has 0 saturated carbocycles. The van der Waals surface area contributed by atoms with E-state index < -0.39 is 0 Å². The topological polar surface area (TPSA) is 38.7 Å². The Bertz CT molecular complexity index is 626. The summed E-state index contributed by atoms with van der Waals surface area (Å²) in [5.74, 6) is -0.366. The van der Waals surface area contributed by atoms with Gasteiger partial charge in [0.25, 0.3) is 0 Å². The Balaban J connectivity index is 2.11. The lowest BCUT2D eigenvalue weighted by atomic mass is 10.2. The van der Waals surface area contributed by atoms with Crippen molar-refractivity contribution in [3.63, 3.8) is 0 Å². The zero-order chi connectivity index (χ0) is 14.4. The molecule has 0 aliphatic rings. The summed E-state index contributed by atoms with van der Waals surface area (Å²) in [6, 6.07) is 14.5. The van der Waals surface area contributed by atoms with Crippen molar-refractivity contribution >= 4 is 35.7 Å². The highest BCUT2D eigenvalue weighted by atomic mass is 35.5. The SMILES string of the molecule is COC(=O)c1ccccc1S/N=C/c1ccc(Cl)cc1. The summed E-state index contributed by atoms with van der Waals surface area (Å²) in [5.41, 5.74) is 1.45. The van der Waals surface area contributed by atoms with Crippen LogP contribution in [0.15, 0.2) is 57.8 Å². The lowest BCUT2D eigenvalue weighted by Gasteiger charge is -2.03. The Kier molecular flexibility index (Phi) is 5.21. The minimum atomic E-state index is -0.366. The van der Waals surface area contributed by atoms with Crippen LogP contribution in [-0.2, 0) is 4.74 Å². The first-order valence-electron chi connectivity index (χ1n) is 5.84. The van der Waals surface area contributed by atoms with E-state index in [9.17, 15) is 4.79 Å². The zero-order valence-corrected chi connectivity index (χ0v) is 12.3. The highest BCUT2D eigenvalue weighted by Crippen LogP contribution is 2.24. The van der Waals surface area contributed by atoms with Crippen LogP contribution in [0.4, 0.5) is 0 Å². The van der Waals surface area contributed by atoms with Gasteiger partial charge in [0.05, 0.1) is 12.7 Å². The molecule has 0 unspecified atom stereocenters. The fraction of sp³-hybridized carbons (Fsp3) is 0.0667. The number of methoxy groups -OCH3 is 1. The van der Waals surface area contributed by atoms with Crippen LogP contribution in [0.5, 0.6) is 0 Å². The molecule has 3 nitrogen and oxygen atoms in total. The van der Waals surface area contributed by atoms with E-state index in [1.54, 1.807) is 30.5 Å². The van der Waals surface area contributed by atoms with Gasteiger partial charge in [-0.15, -0.1) is 0 Å². The maximum Gasteiger partial charge on any atom is 0.339 e. The number of esters is 1. The number of hydrogen-bond acceptors (Lipinski definition) is 4. The third kappa shape index (κ3) is 3.85. The van der Waals surface area contributed by atoms with E-state index >= 15 is 0 Å². The van der Waals surface area contributed by atoms with E-state index in [1.165, 1.54) is 19.1 Å². The van der Waals surface area contributed by atoms with Gasteiger partial charge in [0.15, 0.2) is 0 Å². The molecule has 2 aromatic rings. The molecule has 0 aromatic heterocycles. The highest BCUT2D eigenvalue weighted by molar-refractivity contribution is 7.98. The molecule has 0 fully saturated rings. The van der Waals surface area contributed by atoms with Crippen molar-refractivity contribution in [3.05, 3.63) is 64.7 Å². The molecule has 0 N–H and O–H groups in total. The Morgan fingerprint density at radius 1 is 1.20 bits per heavy atom. The molecule has 0 saturated heterocycles. The Labute approximate surface area is 126 Å². The molecular weight excluding hydrogens is 294 g/mol. The number of benzene rings is 2. The molecule has 0 bridgehead atoms. The lowest BCUT2D eigenvalue weighted by Crippen LogP contribution is -2.02. The summed E-state index contributed by atoms with van der Waals surface area (Å²) < 4.78 is 9.00. The van der Waals surface area contributed by atoms with Gasteiger partial charge in [-0.3, -0.25) is 0 Å². The number of carbonyl (C=O) groups is 1. The fourth-order valence-electron chi connectivity index (χ4n) is 1.52. The summed E-state index contributed by atoms with van der Waals surface area (Å²) in [4.78, 5) is 12.4. The van der Waals surface area contributed by atoms with Crippen molar-refractivity contribution in [2.75, 3.05) is 7.11 Å². The van der Waals surface area contributed by atoms with E-state index in [-0.39, 0.29) is 5.97 Å². The Morgan fingerprint density at radius 2 is 1.90 bits per heavy atom. The summed E-state index contributed by atoms with van der Waals surface area (Å²) in [6.07, 6.45) is 1.72. The molecular formula is C15H12ClNO2S. The van der Waals surface area contributed by atoms with Gasteiger partial charge < -0.3 is 4.74 Å². The van der Waals surface area contributed by atoms with Crippen molar-refractivity contribution in [1.29, 1.82) is 0 Å². The van der Waals surface area contributed by atoms with E-state index in [2.05, 4.69) is 4.40 Å². The average molecular weight is 306 g/mol. The van der Waals surface area contributed by atoms with Gasteiger partial charge in [-0.05, 0) is 29.8 Å². The third-order valence-corrected chi connectivity index (χ3v) is 3.53. The maximum absolute atomic E-state index is 11.6. The summed E-state index contributed by atoms with van der Waals surface area (Å²) in [6.45, 7) is 0. The first kappa shape index (κ1) is 14.6. The van der Waals surface area contributed by atoms with Crippen LogP contribution in [0.1, 0.15) is 15.9 Å². The van der Waals surface area contributed by atoms with Gasteiger partial charge in [-0.1, -0.05) is 35.9 Å². The number of halogens is 1. The standard InChI is InChI=1S/C15H12ClNO2S/c1-19-15(18)13-4-2-3-5-14(13)20-17-10-11-6-8-12(16)9-7-11/h2-10H,1H3/b17-10+. The minimum absolute atomic E-state index is 0.366. The van der Waals surface area contributed by atoms with Crippen LogP contribution in [0, 0.1) is 0 Å². The number of carbonyl (C=O) groups excluding carboxylic acids is 1. The van der Waals surface area contributed by atoms with Crippen LogP contribution < -0.4 is 0 Å². The average Bonchev–Trinajstić information content (AvgIpc) is 2.49. The summed E-state index contributed by atoms with van der Waals surface area (Å²) in [7, 11) is 1.36. The first-order chi connectivity index (χ1) is 9.70. The minimum Gasteiger partial charge on any atom is -0.465 e. The molecule has 0 atom stereocenters. The second-order valence-electron chi connectivity index (χ2n) is 3.87. The smallest absolute Gasteiger partial charge is 0.339 e. The molecule has 2 rings (SSSR count). The van der Waals surface area contributed by atoms with E-state index in [4.69, 9.17) is 16.3 Å². The van der Waals surface area contributed by atoms with Crippen LogP contribution in [0.2, 0.25) is 5.02 Å². The zero-order valence-electron chi connectivity index (χ0n) is 10.7. The normalized spacial score (nSPS) is 10.7. The molecule has 102 valence electrons. The number of nitrogens with zero attached hydrogens (tertiary/aromatic N) is 1. The van der Waals surface area contributed by atoms with Crippen molar-refractivity contribution in [3.8, 4) is 0 Å². The lowest BCUT2D eigenvalue weighted by molar-refractivity contribution is 0.0597. The van der Waals surface area contributed by atoms with Crippen LogP contribution >= 0.6 is 23.5 Å². The first-order valence-corrected chi connectivity index (χ1v) is 6.99. The van der Waals surface area contributed by atoms with Crippen LogP contribution in [0.3, 0.4) is 0 Å². The second kappa shape index (κ2) is 7.12. The van der Waals surface area contributed by atoms with Gasteiger partial charge in [0.2, 0.25) is 0 Å². The molecule has 20 heavy (non-hydrogen) atoms. The van der Waals surface area contributed by atoms with Gasteiger partial charge in [-0.25, -0.2) is 9.19 Å². The van der Waals surface area contributed by atoms with Gasteiger partial charge in [0, 0.05) is 28.1 Å². The maximum atomic E-state index is 11.6. The van der Waals surface area contributed by atoms with E-state index in [0.717, 1.165) is 10.5 Å². The predicted molar refractivity (Wildman–Crippen MR) is 82.7 cm³/mol. The van der Waals surface area contributed by atoms with Crippen molar-refractivity contribution in [2.45, 2.75) is 4.90 Å². The quantitative estimate of drug-likeness (QED) is 0.481. The van der Waals surface area contributed by atoms with Gasteiger partial charge >= 0.3 is 5.97 Å². The van der Waals surface area contributed by atoms with E-state index in [1.807, 2.05) is 24.3 Å². The number of ether oxygens (including phenoxy) is 1. The number of rotatable bonds is 4. The molecule has 0 aliphatic carbocycles. The Hall–Kier alpha value is -1.78. The largest absolute Gasteiger partial charge is 0.465 e. The molecule has 5 heteroatoms. The monoisotopic (exact) mass is 305 g/mol. The van der Waals surface area contributed by atoms with Crippen LogP contribution in [-0.4, -0.2) is 19.3 Å². The molecule has 0 radical (unpaired) electrons.